The third-order valence-corrected chi connectivity index (χ3v) is 9.09. The van der Waals surface area contributed by atoms with Crippen LogP contribution in [0.5, 0.6) is 11.5 Å². The molecule has 4 aromatic rings. The molecule has 0 fully saturated rings. The van der Waals surface area contributed by atoms with Crippen molar-refractivity contribution < 1.29 is 19.1 Å². The van der Waals surface area contributed by atoms with Gasteiger partial charge >= 0.3 is 11.9 Å². The molecule has 0 saturated carbocycles. The summed E-state index contributed by atoms with van der Waals surface area (Å²) in [6.45, 7) is 6.40. The van der Waals surface area contributed by atoms with Crippen LogP contribution in [0.2, 0.25) is 0 Å². The number of ether oxygens (including phenoxy) is 2. The number of aryl methyl sites for hydroxylation is 2. The lowest BCUT2D eigenvalue weighted by molar-refractivity contribution is -0.137. The summed E-state index contributed by atoms with van der Waals surface area (Å²) < 4.78 is 11.1. The zero-order valence-electron chi connectivity index (χ0n) is 30.9. The van der Waals surface area contributed by atoms with E-state index in [1.807, 2.05) is 56.0 Å². The molecule has 1 atom stereocenters. The minimum atomic E-state index is -0.341. The maximum absolute atomic E-state index is 12.6. The summed E-state index contributed by atoms with van der Waals surface area (Å²) in [5, 5.41) is 0. The maximum atomic E-state index is 12.6. The second-order valence-corrected chi connectivity index (χ2v) is 13.7. The van der Waals surface area contributed by atoms with Crippen LogP contribution >= 0.6 is 0 Å². The van der Waals surface area contributed by atoms with Crippen molar-refractivity contribution in [3.05, 3.63) is 84.4 Å². The SMILES string of the molecule is CCCCCCCCc1cnc(-c2ccc(OC(=O)CC[C@@H](C)CC(=O)Oc3ccc(-c4ncc(CCCCCCCC)cn4)cc3)cc2)nc1. The Kier molecular flexibility index (Phi) is 17.3. The highest BCUT2D eigenvalue weighted by atomic mass is 16.5. The third-order valence-electron chi connectivity index (χ3n) is 9.09. The van der Waals surface area contributed by atoms with E-state index in [1.54, 1.807) is 24.3 Å². The van der Waals surface area contributed by atoms with E-state index in [0.29, 0.717) is 29.6 Å². The molecule has 0 bridgehead atoms. The molecule has 2 aromatic heterocycles. The molecule has 0 amide bonds. The van der Waals surface area contributed by atoms with Gasteiger partial charge in [0.2, 0.25) is 0 Å². The molecule has 2 heterocycles. The van der Waals surface area contributed by atoms with E-state index < -0.39 is 0 Å². The summed E-state index contributed by atoms with van der Waals surface area (Å²) in [5.74, 6) is 1.50. The average Bonchev–Trinajstić information content (AvgIpc) is 3.15. The van der Waals surface area contributed by atoms with Crippen LogP contribution in [0, 0.1) is 5.92 Å². The van der Waals surface area contributed by atoms with Gasteiger partial charge in [0.15, 0.2) is 11.6 Å². The van der Waals surface area contributed by atoms with Crippen molar-refractivity contribution in [3.8, 4) is 34.3 Å². The van der Waals surface area contributed by atoms with Gasteiger partial charge in [0.1, 0.15) is 11.5 Å². The van der Waals surface area contributed by atoms with Crippen molar-refractivity contribution in [2.45, 2.75) is 130 Å². The quantitative estimate of drug-likeness (QED) is 0.0430. The smallest absolute Gasteiger partial charge is 0.311 e. The van der Waals surface area contributed by atoms with Gasteiger partial charge in [0.25, 0.3) is 0 Å². The number of hydrogen-bond donors (Lipinski definition) is 0. The number of esters is 2. The van der Waals surface area contributed by atoms with Gasteiger partial charge in [-0.1, -0.05) is 85.0 Å². The number of aromatic nitrogens is 4. The van der Waals surface area contributed by atoms with Crippen molar-refractivity contribution >= 4 is 11.9 Å². The van der Waals surface area contributed by atoms with Crippen LogP contribution in [0.15, 0.2) is 73.3 Å². The molecule has 0 saturated heterocycles. The number of benzene rings is 2. The molecular formula is C43H56N4O4. The summed E-state index contributed by atoms with van der Waals surface area (Å²) in [4.78, 5) is 43.3. The number of carbonyl (C=O) groups is 2. The van der Waals surface area contributed by atoms with Gasteiger partial charge in [0.05, 0.1) is 0 Å². The van der Waals surface area contributed by atoms with E-state index in [2.05, 4.69) is 33.8 Å². The first-order valence-corrected chi connectivity index (χ1v) is 19.2. The molecule has 0 spiro atoms. The fraction of sp³-hybridized carbons (Fsp3) is 0.488. The first-order valence-electron chi connectivity index (χ1n) is 19.2. The summed E-state index contributed by atoms with van der Waals surface area (Å²) in [6.07, 6.45) is 25.7. The predicted octanol–water partition coefficient (Wildman–Crippen LogP) is 10.7. The third kappa shape index (κ3) is 14.7. The second kappa shape index (κ2) is 22.4. The Morgan fingerprint density at radius 3 is 1.37 bits per heavy atom. The second-order valence-electron chi connectivity index (χ2n) is 13.7. The highest BCUT2D eigenvalue weighted by molar-refractivity contribution is 5.74. The Hall–Kier alpha value is -4.46. The molecule has 51 heavy (non-hydrogen) atoms. The summed E-state index contributed by atoms with van der Waals surface area (Å²) in [7, 11) is 0. The zero-order chi connectivity index (χ0) is 36.1. The highest BCUT2D eigenvalue weighted by Gasteiger charge is 2.15. The van der Waals surface area contributed by atoms with Crippen molar-refractivity contribution in [3.63, 3.8) is 0 Å². The number of hydrogen-bond acceptors (Lipinski definition) is 8. The maximum Gasteiger partial charge on any atom is 0.311 e. The van der Waals surface area contributed by atoms with Crippen LogP contribution in [0.3, 0.4) is 0 Å². The minimum absolute atomic E-state index is 0.0452. The first-order chi connectivity index (χ1) is 24.9. The van der Waals surface area contributed by atoms with E-state index in [9.17, 15) is 9.59 Å². The van der Waals surface area contributed by atoms with Crippen molar-refractivity contribution in [1.29, 1.82) is 0 Å². The Morgan fingerprint density at radius 2 is 0.941 bits per heavy atom. The molecule has 0 radical (unpaired) electrons. The van der Waals surface area contributed by atoms with Crippen LogP contribution in [-0.2, 0) is 22.4 Å². The van der Waals surface area contributed by atoms with Crippen LogP contribution in [0.1, 0.15) is 128 Å². The van der Waals surface area contributed by atoms with Gasteiger partial charge in [-0.3, -0.25) is 9.59 Å². The summed E-state index contributed by atoms with van der Waals surface area (Å²) in [6, 6.07) is 14.5. The fourth-order valence-corrected chi connectivity index (χ4v) is 5.94. The summed E-state index contributed by atoms with van der Waals surface area (Å²) in [5.41, 5.74) is 4.04. The minimum Gasteiger partial charge on any atom is -0.427 e. The molecule has 0 aliphatic rings. The highest BCUT2D eigenvalue weighted by Crippen LogP contribution is 2.23. The normalized spacial score (nSPS) is 11.7. The molecule has 0 N–H and O–H groups in total. The lowest BCUT2D eigenvalue weighted by Gasteiger charge is -2.11. The molecule has 8 heteroatoms. The standard InChI is InChI=1S/C43H56N4O4/c1-4-6-8-10-12-14-16-34-29-44-42(45-30-34)36-19-23-38(24-20-36)50-40(48)27-18-33(3)28-41(49)51-39-25-21-37(22-26-39)43-46-31-35(32-47-43)17-15-13-11-9-7-5-2/h19-26,29-33H,4-18,27-28H2,1-3H3/t33-/m1/s1. The lowest BCUT2D eigenvalue weighted by Crippen LogP contribution is -2.15. The number of rotatable bonds is 23. The number of unbranched alkanes of at least 4 members (excludes halogenated alkanes) is 10. The van der Waals surface area contributed by atoms with Crippen molar-refractivity contribution in [2.75, 3.05) is 0 Å². The molecule has 0 aliphatic heterocycles. The fourth-order valence-electron chi connectivity index (χ4n) is 5.94. The van der Waals surface area contributed by atoms with E-state index in [-0.39, 0.29) is 30.7 Å². The Balaban J connectivity index is 1.12. The Labute approximate surface area is 304 Å². The zero-order valence-corrected chi connectivity index (χ0v) is 30.9. The Bertz CT molecular complexity index is 1570. The predicted molar refractivity (Wildman–Crippen MR) is 203 cm³/mol. The topological polar surface area (TPSA) is 104 Å². The first kappa shape index (κ1) is 39.3. The average molecular weight is 693 g/mol. The van der Waals surface area contributed by atoms with Crippen LogP contribution < -0.4 is 9.47 Å². The van der Waals surface area contributed by atoms with Crippen molar-refractivity contribution in [2.24, 2.45) is 5.92 Å². The van der Waals surface area contributed by atoms with Crippen LogP contribution in [0.4, 0.5) is 0 Å². The monoisotopic (exact) mass is 692 g/mol. The van der Waals surface area contributed by atoms with Gasteiger partial charge < -0.3 is 9.47 Å². The van der Waals surface area contributed by atoms with Crippen LogP contribution in [-0.4, -0.2) is 31.9 Å². The molecule has 0 aliphatic carbocycles. The molecule has 2 aromatic carbocycles. The number of nitrogens with zero attached hydrogens (tertiary/aromatic N) is 4. The Morgan fingerprint density at radius 1 is 0.549 bits per heavy atom. The molecule has 8 nitrogen and oxygen atoms in total. The molecule has 272 valence electrons. The van der Waals surface area contributed by atoms with E-state index >= 15 is 0 Å². The lowest BCUT2D eigenvalue weighted by atomic mass is 10.0. The van der Waals surface area contributed by atoms with Gasteiger partial charge in [-0.2, -0.15) is 0 Å². The van der Waals surface area contributed by atoms with E-state index in [4.69, 9.17) is 9.47 Å². The van der Waals surface area contributed by atoms with Crippen molar-refractivity contribution in [1.82, 2.24) is 19.9 Å². The van der Waals surface area contributed by atoms with Gasteiger partial charge in [-0.05, 0) is 97.7 Å². The van der Waals surface area contributed by atoms with Gasteiger partial charge in [-0.15, -0.1) is 0 Å². The number of carbonyl (C=O) groups excluding carboxylic acids is 2. The molecule has 0 unspecified atom stereocenters. The van der Waals surface area contributed by atoms with Gasteiger partial charge in [-0.25, -0.2) is 19.9 Å². The van der Waals surface area contributed by atoms with Gasteiger partial charge in [0, 0.05) is 48.8 Å². The largest absolute Gasteiger partial charge is 0.427 e. The summed E-state index contributed by atoms with van der Waals surface area (Å²) >= 11 is 0. The molecular weight excluding hydrogens is 636 g/mol. The van der Waals surface area contributed by atoms with E-state index in [1.165, 1.54) is 64.2 Å². The molecule has 4 rings (SSSR count). The van der Waals surface area contributed by atoms with E-state index in [0.717, 1.165) is 47.9 Å². The van der Waals surface area contributed by atoms with Crippen LogP contribution in [0.25, 0.3) is 22.8 Å².